The highest BCUT2D eigenvalue weighted by molar-refractivity contribution is 7.92. The summed E-state index contributed by atoms with van der Waals surface area (Å²) in [6.07, 6.45) is 0.0853. The summed E-state index contributed by atoms with van der Waals surface area (Å²) in [7, 11) is -2.48. The molecule has 0 fully saturated rings. The molecule has 3 N–H and O–H groups in total. The maximum absolute atomic E-state index is 13.1. The average molecular weight is 456 g/mol. The van der Waals surface area contributed by atoms with E-state index in [0.717, 1.165) is 12.1 Å². The van der Waals surface area contributed by atoms with Gasteiger partial charge in [0.25, 0.3) is 15.9 Å². The Bertz CT molecular complexity index is 1260. The topological polar surface area (TPSA) is 104 Å². The zero-order valence-electron chi connectivity index (χ0n) is 17.5. The lowest BCUT2D eigenvalue weighted by Gasteiger charge is -2.14. The number of rotatable bonds is 7. The monoisotopic (exact) mass is 455 g/mol. The highest BCUT2D eigenvalue weighted by Gasteiger charge is 2.19. The molecule has 0 saturated heterocycles. The molecular weight excluding hydrogens is 433 g/mol. The van der Waals surface area contributed by atoms with E-state index in [1.807, 2.05) is 0 Å². The number of halogens is 1. The molecule has 3 aromatic rings. The number of hydrogen-bond donors (Lipinski definition) is 3. The van der Waals surface area contributed by atoms with E-state index in [-0.39, 0.29) is 28.5 Å². The molecular formula is C23H22FN3O4S. The highest BCUT2D eigenvalue weighted by Crippen LogP contribution is 2.22. The van der Waals surface area contributed by atoms with Gasteiger partial charge in [-0.05, 0) is 60.5 Å². The quantitative estimate of drug-likeness (QED) is 0.507. The molecule has 9 heteroatoms. The summed E-state index contributed by atoms with van der Waals surface area (Å²) in [5.41, 5.74) is 2.02. The van der Waals surface area contributed by atoms with Gasteiger partial charge in [-0.1, -0.05) is 24.3 Å². The first-order chi connectivity index (χ1) is 15.2. The van der Waals surface area contributed by atoms with Gasteiger partial charge >= 0.3 is 0 Å². The number of nitrogens with one attached hydrogen (secondary N) is 3. The van der Waals surface area contributed by atoms with Crippen molar-refractivity contribution in [1.82, 2.24) is 5.32 Å². The fourth-order valence-corrected chi connectivity index (χ4v) is 4.08. The third kappa shape index (κ3) is 5.50. The van der Waals surface area contributed by atoms with Crippen LogP contribution < -0.4 is 15.4 Å². The average Bonchev–Trinajstić information content (AvgIpc) is 2.76. The summed E-state index contributed by atoms with van der Waals surface area (Å²) in [5, 5.41) is 5.29. The SMILES string of the molecule is CNC(=O)Cc1ccccc1NC(=O)c1cc(S(=O)(=O)Nc2ccc(F)cc2)ccc1C. The molecule has 7 nitrogen and oxygen atoms in total. The lowest BCUT2D eigenvalue weighted by atomic mass is 10.1. The van der Waals surface area contributed by atoms with E-state index in [2.05, 4.69) is 15.4 Å². The Hall–Kier alpha value is -3.72. The molecule has 0 unspecified atom stereocenters. The van der Waals surface area contributed by atoms with Crippen molar-refractivity contribution in [1.29, 1.82) is 0 Å². The molecule has 0 atom stereocenters. The van der Waals surface area contributed by atoms with E-state index >= 15 is 0 Å². The Balaban J connectivity index is 1.86. The second-order valence-electron chi connectivity index (χ2n) is 7.05. The molecule has 3 rings (SSSR count). The van der Waals surface area contributed by atoms with Crippen LogP contribution in [-0.2, 0) is 21.2 Å². The molecule has 3 aromatic carbocycles. The van der Waals surface area contributed by atoms with Crippen molar-refractivity contribution in [2.75, 3.05) is 17.1 Å². The van der Waals surface area contributed by atoms with Gasteiger partial charge in [0.05, 0.1) is 11.3 Å². The molecule has 0 radical (unpaired) electrons. The van der Waals surface area contributed by atoms with Gasteiger partial charge in [-0.25, -0.2) is 12.8 Å². The Morgan fingerprint density at radius 2 is 1.66 bits per heavy atom. The van der Waals surface area contributed by atoms with E-state index in [0.29, 0.717) is 16.8 Å². The number of carbonyl (C=O) groups is 2. The van der Waals surface area contributed by atoms with Gasteiger partial charge in [0, 0.05) is 24.0 Å². The second-order valence-corrected chi connectivity index (χ2v) is 8.73. The van der Waals surface area contributed by atoms with Crippen LogP contribution in [0.1, 0.15) is 21.5 Å². The molecule has 0 aliphatic carbocycles. The van der Waals surface area contributed by atoms with E-state index < -0.39 is 21.7 Å². The van der Waals surface area contributed by atoms with Crippen LogP contribution in [0.2, 0.25) is 0 Å². The minimum atomic E-state index is -4.00. The minimum absolute atomic E-state index is 0.0853. The summed E-state index contributed by atoms with van der Waals surface area (Å²) in [5.74, 6) is -1.20. The normalized spacial score (nSPS) is 11.0. The first kappa shape index (κ1) is 23.0. The van der Waals surface area contributed by atoms with Gasteiger partial charge in [0.15, 0.2) is 0 Å². The van der Waals surface area contributed by atoms with E-state index in [4.69, 9.17) is 0 Å². The predicted octanol–water partition coefficient (Wildman–Crippen LogP) is 3.48. The van der Waals surface area contributed by atoms with Crippen molar-refractivity contribution in [3.05, 3.63) is 89.2 Å². The van der Waals surface area contributed by atoms with Crippen LogP contribution in [-0.4, -0.2) is 27.3 Å². The molecule has 0 spiro atoms. The van der Waals surface area contributed by atoms with Crippen LogP contribution >= 0.6 is 0 Å². The maximum atomic E-state index is 13.1. The predicted molar refractivity (Wildman–Crippen MR) is 121 cm³/mol. The lowest BCUT2D eigenvalue weighted by molar-refractivity contribution is -0.119. The number of carbonyl (C=O) groups excluding carboxylic acids is 2. The van der Waals surface area contributed by atoms with Gasteiger partial charge in [-0.15, -0.1) is 0 Å². The molecule has 0 bridgehead atoms. The number of anilines is 2. The second kappa shape index (κ2) is 9.61. The van der Waals surface area contributed by atoms with Crippen LogP contribution in [0.25, 0.3) is 0 Å². The Labute approximate surface area is 185 Å². The number of amides is 2. The molecule has 32 heavy (non-hydrogen) atoms. The van der Waals surface area contributed by atoms with Crippen molar-refractivity contribution in [3.8, 4) is 0 Å². The fourth-order valence-electron chi connectivity index (χ4n) is 2.99. The molecule has 2 amide bonds. The number of sulfonamides is 1. The van der Waals surface area contributed by atoms with E-state index in [1.165, 1.54) is 37.4 Å². The van der Waals surface area contributed by atoms with Crippen LogP contribution in [0.4, 0.5) is 15.8 Å². The third-order valence-electron chi connectivity index (χ3n) is 4.76. The van der Waals surface area contributed by atoms with Gasteiger partial charge in [-0.2, -0.15) is 0 Å². The Morgan fingerprint density at radius 1 is 0.969 bits per heavy atom. The summed E-state index contributed by atoms with van der Waals surface area (Å²) < 4.78 is 41.0. The third-order valence-corrected chi connectivity index (χ3v) is 6.13. The lowest BCUT2D eigenvalue weighted by Crippen LogP contribution is -2.22. The summed E-state index contributed by atoms with van der Waals surface area (Å²) >= 11 is 0. The zero-order chi connectivity index (χ0) is 23.3. The molecule has 0 heterocycles. The smallest absolute Gasteiger partial charge is 0.261 e. The minimum Gasteiger partial charge on any atom is -0.359 e. The maximum Gasteiger partial charge on any atom is 0.261 e. The van der Waals surface area contributed by atoms with Crippen molar-refractivity contribution in [3.63, 3.8) is 0 Å². The van der Waals surface area contributed by atoms with Gasteiger partial charge in [0.2, 0.25) is 5.91 Å². The van der Waals surface area contributed by atoms with Crippen molar-refractivity contribution in [2.45, 2.75) is 18.2 Å². The van der Waals surface area contributed by atoms with Gasteiger partial charge < -0.3 is 10.6 Å². The summed E-state index contributed by atoms with van der Waals surface area (Å²) in [6, 6.07) is 16.0. The first-order valence-electron chi connectivity index (χ1n) is 9.68. The fraction of sp³-hybridized carbons (Fsp3) is 0.130. The summed E-state index contributed by atoms with van der Waals surface area (Å²) in [6.45, 7) is 1.69. The van der Waals surface area contributed by atoms with Crippen LogP contribution in [0, 0.1) is 12.7 Å². The first-order valence-corrected chi connectivity index (χ1v) is 11.2. The molecule has 0 aliphatic rings. The molecule has 0 saturated carbocycles. The molecule has 0 aliphatic heterocycles. The van der Waals surface area contributed by atoms with E-state index in [1.54, 1.807) is 31.2 Å². The Kier molecular flexibility index (Phi) is 6.89. The highest BCUT2D eigenvalue weighted by atomic mass is 32.2. The van der Waals surface area contributed by atoms with Crippen LogP contribution in [0.3, 0.4) is 0 Å². The van der Waals surface area contributed by atoms with Crippen molar-refractivity contribution >= 4 is 33.2 Å². The van der Waals surface area contributed by atoms with Crippen LogP contribution in [0.5, 0.6) is 0 Å². The van der Waals surface area contributed by atoms with Gasteiger partial charge in [-0.3, -0.25) is 14.3 Å². The summed E-state index contributed by atoms with van der Waals surface area (Å²) in [4.78, 5) is 24.6. The number of para-hydroxylation sites is 1. The van der Waals surface area contributed by atoms with E-state index in [9.17, 15) is 22.4 Å². The van der Waals surface area contributed by atoms with Gasteiger partial charge in [0.1, 0.15) is 5.82 Å². The standard InChI is InChI=1S/C23H22FN3O4S/c1-15-7-12-19(32(30,31)27-18-10-8-17(24)9-11-18)14-20(15)23(29)26-21-6-4-3-5-16(21)13-22(28)25-2/h3-12,14,27H,13H2,1-2H3,(H,25,28)(H,26,29). The Morgan fingerprint density at radius 3 is 2.34 bits per heavy atom. The van der Waals surface area contributed by atoms with Crippen molar-refractivity contribution < 1.29 is 22.4 Å². The number of aryl methyl sites for hydroxylation is 1. The zero-order valence-corrected chi connectivity index (χ0v) is 18.3. The molecule has 0 aromatic heterocycles. The molecule has 166 valence electrons. The largest absolute Gasteiger partial charge is 0.359 e. The van der Waals surface area contributed by atoms with Crippen LogP contribution in [0.15, 0.2) is 71.6 Å². The number of hydrogen-bond acceptors (Lipinski definition) is 4. The van der Waals surface area contributed by atoms with Crippen molar-refractivity contribution in [2.24, 2.45) is 0 Å². The number of likely N-dealkylation sites (N-methyl/N-ethyl adjacent to an activating group) is 1. The number of benzene rings is 3.